The van der Waals surface area contributed by atoms with Gasteiger partial charge in [0.2, 0.25) is 11.6 Å². The minimum Gasteiger partial charge on any atom is -0.348 e. The van der Waals surface area contributed by atoms with Crippen LogP contribution in [-0.4, -0.2) is 27.5 Å². The zero-order chi connectivity index (χ0) is 14.7. The summed E-state index contributed by atoms with van der Waals surface area (Å²) in [4.78, 5) is 20.8. The molecular formula is C12H20N6O2. The molecule has 0 bridgehead atoms. The minimum absolute atomic E-state index is 0.0471. The van der Waals surface area contributed by atoms with E-state index in [4.69, 9.17) is 5.84 Å². The Bertz CT molecular complexity index is 495. The van der Waals surface area contributed by atoms with Crippen molar-refractivity contribution >= 4 is 17.3 Å². The molecule has 1 fully saturated rings. The number of hydrogen-bond donors (Lipinski definition) is 2. The first-order valence-electron chi connectivity index (χ1n) is 6.81. The van der Waals surface area contributed by atoms with Gasteiger partial charge in [-0.05, 0) is 25.7 Å². The smallest absolute Gasteiger partial charge is 0.348 e. The average Bonchev–Trinajstić information content (AvgIpc) is 2.46. The third kappa shape index (κ3) is 2.64. The Kier molecular flexibility index (Phi) is 4.33. The van der Waals surface area contributed by atoms with Gasteiger partial charge < -0.3 is 10.3 Å². The molecule has 3 N–H and O–H groups in total. The predicted octanol–water partition coefficient (Wildman–Crippen LogP) is 1.69. The summed E-state index contributed by atoms with van der Waals surface area (Å²) in [5, 5.41) is 11.3. The van der Waals surface area contributed by atoms with Gasteiger partial charge in [-0.2, -0.15) is 0 Å². The van der Waals surface area contributed by atoms with Crippen molar-refractivity contribution in [3.05, 3.63) is 16.4 Å². The Morgan fingerprint density at radius 2 is 2.30 bits per heavy atom. The van der Waals surface area contributed by atoms with Gasteiger partial charge in [0.05, 0.1) is 4.92 Å². The third-order valence-corrected chi connectivity index (χ3v) is 3.95. The van der Waals surface area contributed by atoms with Crippen LogP contribution in [0.25, 0.3) is 0 Å². The van der Waals surface area contributed by atoms with E-state index >= 15 is 0 Å². The summed E-state index contributed by atoms with van der Waals surface area (Å²) in [6, 6.07) is 0.219. The summed E-state index contributed by atoms with van der Waals surface area (Å²) in [5.41, 5.74) is 2.12. The van der Waals surface area contributed by atoms with Crippen LogP contribution in [-0.2, 0) is 0 Å². The fourth-order valence-electron chi connectivity index (χ4n) is 2.66. The Balaban J connectivity index is 2.42. The second kappa shape index (κ2) is 6.00. The summed E-state index contributed by atoms with van der Waals surface area (Å²) in [7, 11) is 0. The van der Waals surface area contributed by atoms with Crippen molar-refractivity contribution in [2.75, 3.05) is 16.9 Å². The zero-order valence-corrected chi connectivity index (χ0v) is 11.7. The maximum Gasteiger partial charge on any atom is 0.354 e. The largest absolute Gasteiger partial charge is 0.354 e. The van der Waals surface area contributed by atoms with Crippen molar-refractivity contribution in [3.63, 3.8) is 0 Å². The number of piperidine rings is 1. The fourth-order valence-corrected chi connectivity index (χ4v) is 2.66. The van der Waals surface area contributed by atoms with Crippen molar-refractivity contribution in [1.29, 1.82) is 0 Å². The standard InChI is InChI=1S/C12H20N6O2/c1-3-9-5-4-8(2)17(6-9)12-10(18(19)20)11(16-13)14-7-15-12/h7-9H,3-6,13H2,1-2H3,(H,14,15,16). The quantitative estimate of drug-likeness (QED) is 0.490. The number of hydrazine groups is 1. The highest BCUT2D eigenvalue weighted by Crippen LogP contribution is 2.36. The first-order chi connectivity index (χ1) is 9.58. The van der Waals surface area contributed by atoms with Crippen LogP contribution in [0.1, 0.15) is 33.1 Å². The number of nitrogens with zero attached hydrogens (tertiary/aromatic N) is 4. The Morgan fingerprint density at radius 3 is 2.90 bits per heavy atom. The Morgan fingerprint density at radius 1 is 1.55 bits per heavy atom. The average molecular weight is 280 g/mol. The monoisotopic (exact) mass is 280 g/mol. The molecular weight excluding hydrogens is 260 g/mol. The highest BCUT2D eigenvalue weighted by molar-refractivity contribution is 5.70. The number of anilines is 2. The first-order valence-corrected chi connectivity index (χ1v) is 6.81. The molecule has 1 saturated heterocycles. The van der Waals surface area contributed by atoms with Gasteiger partial charge in [0, 0.05) is 12.6 Å². The summed E-state index contributed by atoms with van der Waals surface area (Å²) in [5.74, 6) is 6.25. The van der Waals surface area contributed by atoms with Gasteiger partial charge in [-0.1, -0.05) is 13.3 Å². The van der Waals surface area contributed by atoms with Crippen LogP contribution >= 0.6 is 0 Å². The lowest BCUT2D eigenvalue weighted by molar-refractivity contribution is -0.383. The van der Waals surface area contributed by atoms with E-state index in [1.807, 2.05) is 4.90 Å². The molecule has 1 aliphatic heterocycles. The van der Waals surface area contributed by atoms with Gasteiger partial charge in [0.25, 0.3) is 0 Å². The van der Waals surface area contributed by atoms with Crippen LogP contribution in [0, 0.1) is 16.0 Å². The van der Waals surface area contributed by atoms with Crippen LogP contribution in [0.5, 0.6) is 0 Å². The van der Waals surface area contributed by atoms with Crippen molar-refractivity contribution in [3.8, 4) is 0 Å². The van der Waals surface area contributed by atoms with Crippen LogP contribution in [0.4, 0.5) is 17.3 Å². The van der Waals surface area contributed by atoms with Crippen LogP contribution in [0.3, 0.4) is 0 Å². The number of nitro groups is 1. The van der Waals surface area contributed by atoms with Gasteiger partial charge in [-0.3, -0.25) is 10.1 Å². The molecule has 8 heteroatoms. The molecule has 110 valence electrons. The lowest BCUT2D eigenvalue weighted by Crippen LogP contribution is -2.42. The number of nitrogens with one attached hydrogen (secondary N) is 1. The van der Waals surface area contributed by atoms with Crippen LogP contribution < -0.4 is 16.2 Å². The van der Waals surface area contributed by atoms with E-state index in [1.165, 1.54) is 6.33 Å². The number of nitrogens with two attached hydrogens (primary N) is 1. The summed E-state index contributed by atoms with van der Waals surface area (Å²) in [6.45, 7) is 4.98. The van der Waals surface area contributed by atoms with E-state index in [1.54, 1.807) is 0 Å². The van der Waals surface area contributed by atoms with Gasteiger partial charge in [-0.15, -0.1) is 0 Å². The molecule has 1 aromatic rings. The molecule has 2 atom stereocenters. The highest BCUT2D eigenvalue weighted by atomic mass is 16.6. The normalized spacial score (nSPS) is 22.6. The number of aromatic nitrogens is 2. The van der Waals surface area contributed by atoms with E-state index in [-0.39, 0.29) is 17.5 Å². The van der Waals surface area contributed by atoms with E-state index in [9.17, 15) is 10.1 Å². The molecule has 2 unspecified atom stereocenters. The Labute approximate surface area is 117 Å². The Hall–Kier alpha value is -1.96. The molecule has 0 aromatic carbocycles. The molecule has 20 heavy (non-hydrogen) atoms. The molecule has 0 saturated carbocycles. The van der Waals surface area contributed by atoms with Gasteiger partial charge in [0.15, 0.2) is 0 Å². The fraction of sp³-hybridized carbons (Fsp3) is 0.667. The van der Waals surface area contributed by atoms with Crippen molar-refractivity contribution in [2.45, 2.75) is 39.2 Å². The molecule has 2 heterocycles. The molecule has 2 rings (SSSR count). The van der Waals surface area contributed by atoms with Crippen molar-refractivity contribution in [1.82, 2.24) is 9.97 Å². The predicted molar refractivity (Wildman–Crippen MR) is 76.3 cm³/mol. The highest BCUT2D eigenvalue weighted by Gasteiger charge is 2.32. The molecule has 0 amide bonds. The van der Waals surface area contributed by atoms with Crippen LogP contribution in [0.15, 0.2) is 6.33 Å². The lowest BCUT2D eigenvalue weighted by Gasteiger charge is -2.38. The first kappa shape index (κ1) is 14.4. The minimum atomic E-state index is -0.479. The maximum atomic E-state index is 11.3. The van der Waals surface area contributed by atoms with Gasteiger partial charge in [-0.25, -0.2) is 15.8 Å². The zero-order valence-electron chi connectivity index (χ0n) is 11.7. The number of rotatable bonds is 4. The summed E-state index contributed by atoms with van der Waals surface area (Å²) >= 11 is 0. The van der Waals surface area contributed by atoms with E-state index in [0.29, 0.717) is 11.7 Å². The molecule has 8 nitrogen and oxygen atoms in total. The molecule has 0 spiro atoms. The summed E-state index contributed by atoms with van der Waals surface area (Å²) < 4.78 is 0. The van der Waals surface area contributed by atoms with Crippen molar-refractivity contribution < 1.29 is 4.92 Å². The molecule has 0 radical (unpaired) electrons. The lowest BCUT2D eigenvalue weighted by atomic mass is 9.91. The third-order valence-electron chi connectivity index (χ3n) is 3.95. The van der Waals surface area contributed by atoms with E-state index in [2.05, 4.69) is 29.2 Å². The second-order valence-corrected chi connectivity index (χ2v) is 5.15. The molecule has 1 aromatic heterocycles. The maximum absolute atomic E-state index is 11.3. The number of hydrogen-bond acceptors (Lipinski definition) is 7. The second-order valence-electron chi connectivity index (χ2n) is 5.15. The van der Waals surface area contributed by atoms with Crippen LogP contribution in [0.2, 0.25) is 0 Å². The molecule has 1 aliphatic rings. The van der Waals surface area contributed by atoms with Crippen molar-refractivity contribution in [2.24, 2.45) is 11.8 Å². The van der Waals surface area contributed by atoms with E-state index < -0.39 is 4.92 Å². The SMILES string of the molecule is CCC1CCC(C)N(c2ncnc(NN)c2[N+](=O)[O-])C1. The summed E-state index contributed by atoms with van der Waals surface area (Å²) in [6.07, 6.45) is 4.52. The van der Waals surface area contributed by atoms with Gasteiger partial charge >= 0.3 is 5.69 Å². The van der Waals surface area contributed by atoms with Gasteiger partial charge in [0.1, 0.15) is 6.33 Å². The number of nitrogen functional groups attached to an aromatic ring is 1. The topological polar surface area (TPSA) is 110 Å². The van der Waals surface area contributed by atoms with E-state index in [0.717, 1.165) is 25.8 Å². The molecule has 0 aliphatic carbocycles.